The maximum atomic E-state index is 12.1. The van der Waals surface area contributed by atoms with Crippen molar-refractivity contribution in [2.24, 2.45) is 0 Å². The lowest BCUT2D eigenvalue weighted by Gasteiger charge is -2.35. The van der Waals surface area contributed by atoms with E-state index in [1.54, 1.807) is 0 Å². The van der Waals surface area contributed by atoms with Crippen molar-refractivity contribution in [3.8, 4) is 0 Å². The Kier molecular flexibility index (Phi) is 7.02. The minimum Gasteiger partial charge on any atom is -0.392 e. The molecule has 2 atom stereocenters. The van der Waals surface area contributed by atoms with E-state index >= 15 is 0 Å². The van der Waals surface area contributed by atoms with Gasteiger partial charge in [0.05, 0.1) is 12.1 Å². The van der Waals surface area contributed by atoms with Gasteiger partial charge in [0.15, 0.2) is 0 Å². The van der Waals surface area contributed by atoms with Crippen molar-refractivity contribution in [2.75, 3.05) is 39.3 Å². The van der Waals surface area contributed by atoms with Gasteiger partial charge in [-0.1, -0.05) is 30.3 Å². The molecule has 1 saturated heterocycles. The summed E-state index contributed by atoms with van der Waals surface area (Å²) >= 11 is 0. The summed E-state index contributed by atoms with van der Waals surface area (Å²) in [5.74, 6) is 0.104. The van der Waals surface area contributed by atoms with Gasteiger partial charge in [0.2, 0.25) is 5.91 Å². The van der Waals surface area contributed by atoms with Crippen LogP contribution in [0.5, 0.6) is 0 Å². The molecule has 1 aliphatic heterocycles. The van der Waals surface area contributed by atoms with Crippen LogP contribution >= 0.6 is 0 Å². The molecule has 1 aromatic carbocycles. The van der Waals surface area contributed by atoms with Gasteiger partial charge < -0.3 is 15.3 Å². The van der Waals surface area contributed by atoms with Crippen molar-refractivity contribution < 1.29 is 9.90 Å². The zero-order valence-electron chi connectivity index (χ0n) is 14.2. The molecule has 0 aromatic heterocycles. The normalized spacial score (nSPS) is 19.3. The number of rotatable bonds is 7. The minimum absolute atomic E-state index is 0.0478. The summed E-state index contributed by atoms with van der Waals surface area (Å²) in [5, 5.41) is 12.5. The maximum Gasteiger partial charge on any atom is 0.221 e. The molecule has 1 amide bonds. The largest absolute Gasteiger partial charge is 0.392 e. The van der Waals surface area contributed by atoms with Crippen molar-refractivity contribution >= 4 is 5.91 Å². The van der Waals surface area contributed by atoms with Crippen LogP contribution in [0.15, 0.2) is 30.3 Å². The van der Waals surface area contributed by atoms with Crippen molar-refractivity contribution in [1.82, 2.24) is 15.1 Å². The van der Waals surface area contributed by atoms with Gasteiger partial charge in [0, 0.05) is 45.7 Å². The summed E-state index contributed by atoms with van der Waals surface area (Å²) in [6.07, 6.45) is 0.264. The molecule has 0 radical (unpaired) electrons. The van der Waals surface area contributed by atoms with E-state index in [-0.39, 0.29) is 18.1 Å². The number of hydrogen-bond acceptors (Lipinski definition) is 4. The van der Waals surface area contributed by atoms with Gasteiger partial charge in [0.25, 0.3) is 0 Å². The fourth-order valence-electron chi connectivity index (χ4n) is 2.97. The first-order chi connectivity index (χ1) is 11.0. The van der Waals surface area contributed by atoms with Crippen molar-refractivity contribution in [2.45, 2.75) is 32.4 Å². The predicted molar refractivity (Wildman–Crippen MR) is 92.2 cm³/mol. The third-order valence-electron chi connectivity index (χ3n) is 4.32. The first-order valence-electron chi connectivity index (χ1n) is 8.51. The third-order valence-corrected chi connectivity index (χ3v) is 4.32. The van der Waals surface area contributed by atoms with Crippen molar-refractivity contribution in [1.29, 1.82) is 0 Å². The van der Waals surface area contributed by atoms with Crippen LogP contribution < -0.4 is 5.32 Å². The molecule has 1 heterocycles. The Labute approximate surface area is 139 Å². The standard InChI is InChI=1S/C18H29N3O2/c1-15(22)14-21-12-10-20(11-13-21)9-8-18(23)19-16(2)17-6-4-3-5-7-17/h3-7,15-16,22H,8-14H2,1-2H3,(H,19,23)/t15-,16+/m0/s1. The molecule has 1 fully saturated rings. The van der Waals surface area contributed by atoms with E-state index in [4.69, 9.17) is 0 Å². The summed E-state index contributed by atoms with van der Waals surface area (Å²) in [6, 6.07) is 10.1. The van der Waals surface area contributed by atoms with E-state index in [2.05, 4.69) is 15.1 Å². The van der Waals surface area contributed by atoms with Crippen LogP contribution in [0, 0.1) is 0 Å². The number of hydrogen-bond donors (Lipinski definition) is 2. The van der Waals surface area contributed by atoms with Crippen LogP contribution in [0.2, 0.25) is 0 Å². The van der Waals surface area contributed by atoms with Gasteiger partial charge in [-0.15, -0.1) is 0 Å². The molecule has 2 N–H and O–H groups in total. The number of benzene rings is 1. The number of carbonyl (C=O) groups is 1. The summed E-state index contributed by atoms with van der Waals surface area (Å²) in [4.78, 5) is 16.7. The Morgan fingerprint density at radius 1 is 1.13 bits per heavy atom. The van der Waals surface area contributed by atoms with E-state index in [9.17, 15) is 9.90 Å². The summed E-state index contributed by atoms with van der Waals surface area (Å²) in [7, 11) is 0. The highest BCUT2D eigenvalue weighted by molar-refractivity contribution is 5.76. The Balaban J connectivity index is 1.65. The topological polar surface area (TPSA) is 55.8 Å². The number of nitrogens with one attached hydrogen (secondary N) is 1. The number of carbonyl (C=O) groups excluding carboxylic acids is 1. The van der Waals surface area contributed by atoms with Crippen LogP contribution in [-0.4, -0.2) is 66.2 Å². The number of aliphatic hydroxyl groups excluding tert-OH is 1. The Morgan fingerprint density at radius 3 is 2.35 bits per heavy atom. The highest BCUT2D eigenvalue weighted by Gasteiger charge is 2.18. The summed E-state index contributed by atoms with van der Waals surface area (Å²) in [6.45, 7) is 9.24. The molecule has 2 rings (SSSR count). The zero-order valence-corrected chi connectivity index (χ0v) is 14.2. The van der Waals surface area contributed by atoms with Gasteiger partial charge in [-0.2, -0.15) is 0 Å². The molecule has 5 heteroatoms. The van der Waals surface area contributed by atoms with Gasteiger partial charge in [-0.05, 0) is 19.4 Å². The Bertz CT molecular complexity index is 470. The Morgan fingerprint density at radius 2 is 1.74 bits per heavy atom. The third kappa shape index (κ3) is 6.29. The van der Waals surface area contributed by atoms with E-state index in [1.165, 1.54) is 0 Å². The van der Waals surface area contributed by atoms with E-state index in [0.29, 0.717) is 6.42 Å². The summed E-state index contributed by atoms with van der Waals surface area (Å²) < 4.78 is 0. The highest BCUT2D eigenvalue weighted by atomic mass is 16.3. The molecule has 0 spiro atoms. The van der Waals surface area contributed by atoms with Crippen LogP contribution in [0.1, 0.15) is 31.9 Å². The zero-order chi connectivity index (χ0) is 16.7. The second kappa shape index (κ2) is 9.01. The lowest BCUT2D eigenvalue weighted by atomic mass is 10.1. The monoisotopic (exact) mass is 319 g/mol. The van der Waals surface area contributed by atoms with Crippen LogP contribution in [-0.2, 0) is 4.79 Å². The molecule has 0 saturated carbocycles. The first-order valence-corrected chi connectivity index (χ1v) is 8.51. The first kappa shape index (κ1) is 17.9. The second-order valence-electron chi connectivity index (χ2n) is 6.44. The van der Waals surface area contributed by atoms with Crippen molar-refractivity contribution in [3.63, 3.8) is 0 Å². The fourth-order valence-corrected chi connectivity index (χ4v) is 2.97. The van der Waals surface area contributed by atoms with E-state index < -0.39 is 0 Å². The van der Waals surface area contributed by atoms with Gasteiger partial charge in [-0.3, -0.25) is 9.69 Å². The van der Waals surface area contributed by atoms with Crippen molar-refractivity contribution in [3.05, 3.63) is 35.9 Å². The molecule has 23 heavy (non-hydrogen) atoms. The van der Waals surface area contributed by atoms with Crippen LogP contribution in [0.4, 0.5) is 0 Å². The average Bonchev–Trinajstić information content (AvgIpc) is 2.54. The lowest BCUT2D eigenvalue weighted by molar-refractivity contribution is -0.122. The quantitative estimate of drug-likeness (QED) is 0.794. The van der Waals surface area contributed by atoms with Crippen LogP contribution in [0.25, 0.3) is 0 Å². The van der Waals surface area contributed by atoms with E-state index in [0.717, 1.165) is 44.8 Å². The molecule has 1 aliphatic rings. The predicted octanol–water partition coefficient (Wildman–Crippen LogP) is 1.25. The van der Waals surface area contributed by atoms with E-state index in [1.807, 2.05) is 44.2 Å². The Hall–Kier alpha value is -1.43. The number of β-amino-alcohol motifs (C(OH)–C–C–N with tert-alkyl or cyclic N) is 1. The fraction of sp³-hybridized carbons (Fsp3) is 0.611. The van der Waals surface area contributed by atoms with Gasteiger partial charge in [0.1, 0.15) is 0 Å². The minimum atomic E-state index is -0.271. The molecular weight excluding hydrogens is 290 g/mol. The lowest BCUT2D eigenvalue weighted by Crippen LogP contribution is -2.48. The molecule has 0 aliphatic carbocycles. The number of piperazine rings is 1. The smallest absolute Gasteiger partial charge is 0.221 e. The van der Waals surface area contributed by atoms with Gasteiger partial charge >= 0.3 is 0 Å². The maximum absolute atomic E-state index is 12.1. The molecule has 0 unspecified atom stereocenters. The molecule has 1 aromatic rings. The number of aliphatic hydroxyl groups is 1. The molecule has 0 bridgehead atoms. The van der Waals surface area contributed by atoms with Crippen LogP contribution in [0.3, 0.4) is 0 Å². The molecule has 5 nitrogen and oxygen atoms in total. The average molecular weight is 319 g/mol. The highest BCUT2D eigenvalue weighted by Crippen LogP contribution is 2.11. The van der Waals surface area contributed by atoms with Gasteiger partial charge in [-0.25, -0.2) is 0 Å². The SMILES string of the molecule is C[C@H](O)CN1CCN(CCC(=O)N[C@H](C)c2ccccc2)CC1. The number of nitrogens with zero attached hydrogens (tertiary/aromatic N) is 2. The second-order valence-corrected chi connectivity index (χ2v) is 6.44. The number of amides is 1. The summed E-state index contributed by atoms with van der Waals surface area (Å²) in [5.41, 5.74) is 1.13. The molecule has 128 valence electrons. The molecular formula is C18H29N3O2.